The minimum absolute atomic E-state index is 0.0104. The second kappa shape index (κ2) is 10.7. The number of hydrogen-bond acceptors (Lipinski definition) is 5. The van der Waals surface area contributed by atoms with Gasteiger partial charge in [-0.2, -0.15) is 17.5 Å². The standard InChI is InChI=1S/C27H30F3N5O4S/c1-26(2,3)22(25(37)31-4)33-24(36)21-20-16-34(14-15-35(20)23(32-21)17-8-6-5-7-9-17)40(38,39)19-12-10-18(11-13-19)27(28,29)30/h5-13,22H,14-16H2,1-4H3,(H,31,37)(H,33,36)/t22-/m1/s1. The summed E-state index contributed by atoms with van der Waals surface area (Å²) >= 11 is 0. The van der Waals surface area contributed by atoms with Gasteiger partial charge in [0.05, 0.1) is 22.7 Å². The largest absolute Gasteiger partial charge is 0.416 e. The summed E-state index contributed by atoms with van der Waals surface area (Å²) in [6, 6.07) is 11.4. The molecule has 2 N–H and O–H groups in total. The molecule has 4 rings (SSSR count). The van der Waals surface area contributed by atoms with Crippen molar-refractivity contribution in [2.45, 2.75) is 51.0 Å². The van der Waals surface area contributed by atoms with Crippen LogP contribution in [0.25, 0.3) is 11.4 Å². The Labute approximate surface area is 230 Å². The topological polar surface area (TPSA) is 113 Å². The first kappa shape index (κ1) is 29.3. The molecule has 1 aromatic heterocycles. The number of carbonyl (C=O) groups is 2. The van der Waals surface area contributed by atoms with E-state index in [1.807, 2.05) is 30.3 Å². The third-order valence-electron chi connectivity index (χ3n) is 6.69. The fourth-order valence-electron chi connectivity index (χ4n) is 4.52. The lowest BCUT2D eigenvalue weighted by Gasteiger charge is -2.30. The van der Waals surface area contributed by atoms with Crippen LogP contribution in [0, 0.1) is 5.41 Å². The summed E-state index contributed by atoms with van der Waals surface area (Å²) in [5.41, 5.74) is -0.623. The molecule has 0 saturated carbocycles. The SMILES string of the molecule is CNC(=O)[C@@H](NC(=O)c1nc(-c2ccccc2)n2c1CN(S(=O)(=O)c1ccc(C(F)(F)F)cc1)CC2)C(C)(C)C. The zero-order valence-electron chi connectivity index (χ0n) is 22.4. The molecule has 40 heavy (non-hydrogen) atoms. The molecule has 0 bridgehead atoms. The highest BCUT2D eigenvalue weighted by Crippen LogP contribution is 2.32. The van der Waals surface area contributed by atoms with Crippen LogP contribution in [0.5, 0.6) is 0 Å². The number of imidazole rings is 1. The number of nitrogens with one attached hydrogen (secondary N) is 2. The van der Waals surface area contributed by atoms with Gasteiger partial charge in [-0.15, -0.1) is 0 Å². The van der Waals surface area contributed by atoms with Gasteiger partial charge in [0, 0.05) is 25.7 Å². The van der Waals surface area contributed by atoms with Crippen LogP contribution in [0.1, 0.15) is 42.5 Å². The lowest BCUT2D eigenvalue weighted by molar-refractivity contribution is -0.137. The predicted octanol–water partition coefficient (Wildman–Crippen LogP) is 3.66. The fraction of sp³-hybridized carbons (Fsp3) is 0.370. The summed E-state index contributed by atoms with van der Waals surface area (Å²) in [6.45, 7) is 5.30. The Morgan fingerprint density at radius 1 is 0.975 bits per heavy atom. The maximum atomic E-state index is 13.6. The molecule has 0 saturated heterocycles. The van der Waals surface area contributed by atoms with E-state index < -0.39 is 45.0 Å². The molecule has 2 amide bonds. The van der Waals surface area contributed by atoms with Crippen molar-refractivity contribution in [3.63, 3.8) is 0 Å². The van der Waals surface area contributed by atoms with E-state index in [9.17, 15) is 31.2 Å². The van der Waals surface area contributed by atoms with Crippen molar-refractivity contribution >= 4 is 21.8 Å². The zero-order chi connectivity index (χ0) is 29.5. The maximum absolute atomic E-state index is 13.6. The van der Waals surface area contributed by atoms with Gasteiger partial charge >= 0.3 is 6.18 Å². The monoisotopic (exact) mass is 577 g/mol. The molecule has 0 aliphatic carbocycles. The van der Waals surface area contributed by atoms with Crippen molar-refractivity contribution < 1.29 is 31.2 Å². The Kier molecular flexibility index (Phi) is 7.83. The van der Waals surface area contributed by atoms with Crippen LogP contribution >= 0.6 is 0 Å². The van der Waals surface area contributed by atoms with Crippen molar-refractivity contribution in [3.8, 4) is 11.4 Å². The van der Waals surface area contributed by atoms with Crippen molar-refractivity contribution in [2.24, 2.45) is 5.41 Å². The first-order valence-corrected chi connectivity index (χ1v) is 13.9. The van der Waals surface area contributed by atoms with Crippen LogP contribution in [-0.4, -0.2) is 53.7 Å². The van der Waals surface area contributed by atoms with Gasteiger partial charge in [0.15, 0.2) is 5.69 Å². The van der Waals surface area contributed by atoms with Gasteiger partial charge in [-0.25, -0.2) is 13.4 Å². The lowest BCUT2D eigenvalue weighted by atomic mass is 9.86. The number of likely N-dealkylation sites (N-methyl/N-ethyl adjacent to an activating group) is 1. The number of aromatic nitrogens is 2. The van der Waals surface area contributed by atoms with Crippen LogP contribution in [0.3, 0.4) is 0 Å². The average molecular weight is 578 g/mol. The maximum Gasteiger partial charge on any atom is 0.416 e. The number of nitrogens with zero attached hydrogens (tertiary/aromatic N) is 3. The molecule has 214 valence electrons. The Hall–Kier alpha value is -3.71. The zero-order valence-corrected chi connectivity index (χ0v) is 23.2. The van der Waals surface area contributed by atoms with E-state index in [2.05, 4.69) is 15.6 Å². The lowest BCUT2D eigenvalue weighted by Crippen LogP contribution is -2.53. The predicted molar refractivity (Wildman–Crippen MR) is 141 cm³/mol. The number of hydrogen-bond donors (Lipinski definition) is 2. The minimum atomic E-state index is -4.60. The van der Waals surface area contributed by atoms with Gasteiger partial charge in [0.25, 0.3) is 5.91 Å². The van der Waals surface area contributed by atoms with Crippen LogP contribution < -0.4 is 10.6 Å². The molecule has 0 spiro atoms. The van der Waals surface area contributed by atoms with Gasteiger partial charge in [-0.1, -0.05) is 51.1 Å². The molecule has 0 radical (unpaired) electrons. The second-order valence-electron chi connectivity index (χ2n) is 10.5. The van der Waals surface area contributed by atoms with Gasteiger partial charge in [-0.3, -0.25) is 9.59 Å². The second-order valence-corrected chi connectivity index (χ2v) is 12.4. The van der Waals surface area contributed by atoms with Crippen molar-refractivity contribution in [2.75, 3.05) is 13.6 Å². The van der Waals surface area contributed by atoms with Crippen molar-refractivity contribution in [1.82, 2.24) is 24.5 Å². The van der Waals surface area contributed by atoms with E-state index in [4.69, 9.17) is 0 Å². The number of sulfonamides is 1. The summed E-state index contributed by atoms with van der Waals surface area (Å²) in [7, 11) is -2.74. The molecule has 9 nitrogen and oxygen atoms in total. The highest BCUT2D eigenvalue weighted by Gasteiger charge is 2.37. The third kappa shape index (κ3) is 5.75. The van der Waals surface area contributed by atoms with Gasteiger partial charge < -0.3 is 15.2 Å². The third-order valence-corrected chi connectivity index (χ3v) is 8.55. The molecular formula is C27H30F3N5O4S. The van der Waals surface area contributed by atoms with E-state index in [1.165, 1.54) is 7.05 Å². The van der Waals surface area contributed by atoms with Gasteiger partial charge in [0.2, 0.25) is 15.9 Å². The first-order valence-electron chi connectivity index (χ1n) is 12.5. The molecule has 0 unspecified atom stereocenters. The van der Waals surface area contributed by atoms with Gasteiger partial charge in [-0.05, 0) is 29.7 Å². The van der Waals surface area contributed by atoms with Crippen molar-refractivity contribution in [3.05, 3.63) is 71.5 Å². The van der Waals surface area contributed by atoms with Crippen LogP contribution in [0.15, 0.2) is 59.5 Å². The Morgan fingerprint density at radius 3 is 2.15 bits per heavy atom. The normalized spacial score (nSPS) is 15.3. The van der Waals surface area contributed by atoms with Crippen molar-refractivity contribution in [1.29, 1.82) is 0 Å². The molecular weight excluding hydrogens is 547 g/mol. The Morgan fingerprint density at radius 2 is 1.60 bits per heavy atom. The number of amides is 2. The highest BCUT2D eigenvalue weighted by atomic mass is 32.2. The molecule has 3 aromatic rings. The summed E-state index contributed by atoms with van der Waals surface area (Å²) in [4.78, 5) is 30.4. The number of alkyl halides is 3. The average Bonchev–Trinajstić information content (AvgIpc) is 3.30. The molecule has 13 heteroatoms. The molecule has 1 aliphatic rings. The fourth-order valence-corrected chi connectivity index (χ4v) is 5.92. The van der Waals surface area contributed by atoms with E-state index >= 15 is 0 Å². The molecule has 2 aromatic carbocycles. The Balaban J connectivity index is 1.73. The molecule has 1 atom stereocenters. The summed E-state index contributed by atoms with van der Waals surface area (Å²) < 4.78 is 68.7. The van der Waals surface area contributed by atoms with E-state index in [0.29, 0.717) is 17.1 Å². The van der Waals surface area contributed by atoms with Crippen LogP contribution in [0.2, 0.25) is 0 Å². The number of fused-ring (bicyclic) bond motifs is 1. The van der Waals surface area contributed by atoms with Crippen LogP contribution in [-0.2, 0) is 34.1 Å². The summed E-state index contributed by atoms with van der Waals surface area (Å²) in [6.07, 6.45) is -4.60. The smallest absolute Gasteiger partial charge is 0.357 e. The minimum Gasteiger partial charge on any atom is -0.357 e. The summed E-state index contributed by atoms with van der Waals surface area (Å²) in [5.74, 6) is -0.591. The van der Waals surface area contributed by atoms with Gasteiger partial charge in [0.1, 0.15) is 11.9 Å². The first-order chi connectivity index (χ1) is 18.6. The van der Waals surface area contributed by atoms with Crippen LogP contribution in [0.4, 0.5) is 13.2 Å². The number of rotatable bonds is 6. The summed E-state index contributed by atoms with van der Waals surface area (Å²) in [5, 5.41) is 5.29. The van der Waals surface area contributed by atoms with E-state index in [1.54, 1.807) is 25.3 Å². The highest BCUT2D eigenvalue weighted by molar-refractivity contribution is 7.89. The molecule has 0 fully saturated rings. The quantitative estimate of drug-likeness (QED) is 0.464. The molecule has 2 heterocycles. The Bertz CT molecular complexity index is 1510. The van der Waals surface area contributed by atoms with E-state index in [-0.39, 0.29) is 30.2 Å². The number of halogens is 3. The number of carbonyl (C=O) groups excluding carboxylic acids is 2. The molecule has 1 aliphatic heterocycles. The number of benzene rings is 2. The van der Waals surface area contributed by atoms with E-state index in [0.717, 1.165) is 28.6 Å².